The number of carboxylic acid groups (broad SMARTS) is 1. The van der Waals surface area contributed by atoms with E-state index in [2.05, 4.69) is 0 Å². The van der Waals surface area contributed by atoms with Crippen LogP contribution in [-0.2, 0) is 9.53 Å². The molecule has 86 valence electrons. The summed E-state index contributed by atoms with van der Waals surface area (Å²) >= 11 is 0. The topological polar surface area (TPSA) is 66.8 Å². The van der Waals surface area contributed by atoms with Crippen molar-refractivity contribution in [3.05, 3.63) is 0 Å². The van der Waals surface area contributed by atoms with Crippen molar-refractivity contribution in [2.75, 3.05) is 6.54 Å². The molecule has 1 aliphatic rings. The molecule has 1 atom stereocenters. The third kappa shape index (κ3) is 2.22. The molecule has 0 radical (unpaired) electrons. The van der Waals surface area contributed by atoms with Gasteiger partial charge in [0, 0.05) is 6.54 Å². The number of hydrogen-bond donors (Lipinski definition) is 1. The minimum absolute atomic E-state index is 0.394. The van der Waals surface area contributed by atoms with Crippen molar-refractivity contribution in [3.63, 3.8) is 0 Å². The maximum Gasteiger partial charge on any atom is 0.408 e. The summed E-state index contributed by atoms with van der Waals surface area (Å²) in [4.78, 5) is 23.6. The summed E-state index contributed by atoms with van der Waals surface area (Å²) in [7, 11) is 0. The Labute approximate surface area is 89.0 Å². The Balaban J connectivity index is 2.71. The Hall–Kier alpha value is -1.26. The molecule has 1 saturated heterocycles. The van der Waals surface area contributed by atoms with Gasteiger partial charge in [-0.3, -0.25) is 4.90 Å². The van der Waals surface area contributed by atoms with E-state index in [1.165, 1.54) is 0 Å². The summed E-state index contributed by atoms with van der Waals surface area (Å²) in [5.74, 6) is -0.469. The first-order valence-corrected chi connectivity index (χ1v) is 4.91. The van der Waals surface area contributed by atoms with Crippen LogP contribution in [0.2, 0.25) is 0 Å². The van der Waals surface area contributed by atoms with Crippen LogP contribution in [0.1, 0.15) is 34.1 Å². The second kappa shape index (κ2) is 3.40. The molecule has 0 saturated carbocycles. The maximum atomic E-state index is 11.8. The Morgan fingerprint density at radius 3 is 2.20 bits per heavy atom. The van der Waals surface area contributed by atoms with Crippen molar-refractivity contribution in [3.8, 4) is 0 Å². The number of likely N-dealkylation sites (tertiary alicyclic amines) is 1. The number of nitrogens with zero attached hydrogens (tertiary/aromatic N) is 1. The molecule has 1 heterocycles. The molecular formula is C10H17NO4. The third-order valence-electron chi connectivity index (χ3n) is 2.49. The summed E-state index contributed by atoms with van der Waals surface area (Å²) in [5.41, 5.74) is -1.58. The van der Waals surface area contributed by atoms with Crippen LogP contribution in [0.5, 0.6) is 0 Å². The van der Waals surface area contributed by atoms with Crippen LogP contribution >= 0.6 is 0 Å². The van der Waals surface area contributed by atoms with Gasteiger partial charge in [0.2, 0.25) is 0 Å². The maximum absolute atomic E-state index is 11.8. The molecular weight excluding hydrogens is 198 g/mol. The van der Waals surface area contributed by atoms with E-state index in [4.69, 9.17) is 9.84 Å². The van der Waals surface area contributed by atoms with Crippen molar-refractivity contribution in [1.82, 2.24) is 4.90 Å². The van der Waals surface area contributed by atoms with Crippen molar-refractivity contribution >= 4 is 12.1 Å². The van der Waals surface area contributed by atoms with Gasteiger partial charge >= 0.3 is 12.1 Å². The smallest absolute Gasteiger partial charge is 0.408 e. The molecule has 0 spiro atoms. The SMILES string of the molecule is CC(C)(C)OC(=O)[C@@]1(C)CCN1C(=O)O. The fourth-order valence-electron chi connectivity index (χ4n) is 1.47. The van der Waals surface area contributed by atoms with E-state index < -0.39 is 23.2 Å². The summed E-state index contributed by atoms with van der Waals surface area (Å²) < 4.78 is 5.18. The zero-order chi connectivity index (χ0) is 11.9. The quantitative estimate of drug-likeness (QED) is 0.672. The van der Waals surface area contributed by atoms with Gasteiger partial charge in [-0.25, -0.2) is 9.59 Å². The van der Waals surface area contributed by atoms with E-state index in [9.17, 15) is 9.59 Å². The number of esters is 1. The summed E-state index contributed by atoms with van der Waals surface area (Å²) in [6.45, 7) is 7.28. The zero-order valence-corrected chi connectivity index (χ0v) is 9.53. The predicted molar refractivity (Wildman–Crippen MR) is 53.6 cm³/mol. The molecule has 1 amide bonds. The molecule has 1 N–H and O–H groups in total. The van der Waals surface area contributed by atoms with Crippen molar-refractivity contribution in [2.45, 2.75) is 45.3 Å². The average molecular weight is 215 g/mol. The molecule has 0 bridgehead atoms. The van der Waals surface area contributed by atoms with Gasteiger partial charge in [0.25, 0.3) is 0 Å². The molecule has 1 aliphatic heterocycles. The fourth-order valence-corrected chi connectivity index (χ4v) is 1.47. The van der Waals surface area contributed by atoms with E-state index >= 15 is 0 Å². The minimum Gasteiger partial charge on any atom is -0.465 e. The molecule has 15 heavy (non-hydrogen) atoms. The Morgan fingerprint density at radius 1 is 1.40 bits per heavy atom. The monoisotopic (exact) mass is 215 g/mol. The van der Waals surface area contributed by atoms with Crippen LogP contribution < -0.4 is 0 Å². The molecule has 1 fully saturated rings. The Kier molecular flexibility index (Phi) is 2.67. The van der Waals surface area contributed by atoms with Crippen LogP contribution in [-0.4, -0.2) is 39.8 Å². The van der Waals surface area contributed by atoms with Gasteiger partial charge in [0.1, 0.15) is 11.1 Å². The largest absolute Gasteiger partial charge is 0.465 e. The number of carbonyl (C=O) groups is 2. The van der Waals surface area contributed by atoms with Gasteiger partial charge in [-0.15, -0.1) is 0 Å². The highest BCUT2D eigenvalue weighted by atomic mass is 16.6. The number of hydrogen-bond acceptors (Lipinski definition) is 3. The van der Waals surface area contributed by atoms with Gasteiger partial charge in [0.05, 0.1) is 0 Å². The second-order valence-electron chi connectivity index (χ2n) is 4.96. The number of rotatable bonds is 1. The first kappa shape index (κ1) is 11.8. The van der Waals surface area contributed by atoms with Gasteiger partial charge in [-0.05, 0) is 34.1 Å². The number of carbonyl (C=O) groups excluding carboxylic acids is 1. The van der Waals surface area contributed by atoms with Crippen molar-refractivity contribution < 1.29 is 19.4 Å². The van der Waals surface area contributed by atoms with Gasteiger partial charge in [-0.2, -0.15) is 0 Å². The summed E-state index contributed by atoms with van der Waals surface area (Å²) in [6.07, 6.45) is -0.552. The van der Waals surface area contributed by atoms with Crippen molar-refractivity contribution in [2.24, 2.45) is 0 Å². The van der Waals surface area contributed by atoms with Gasteiger partial charge in [0.15, 0.2) is 0 Å². The number of ether oxygens (including phenoxy) is 1. The Bertz CT molecular complexity index is 294. The van der Waals surface area contributed by atoms with Crippen LogP contribution in [0.25, 0.3) is 0 Å². The fraction of sp³-hybridized carbons (Fsp3) is 0.800. The highest BCUT2D eigenvalue weighted by Crippen LogP contribution is 2.32. The van der Waals surface area contributed by atoms with E-state index in [0.717, 1.165) is 4.90 Å². The summed E-state index contributed by atoms with van der Waals surface area (Å²) in [6, 6.07) is 0. The van der Waals surface area contributed by atoms with E-state index in [1.54, 1.807) is 27.7 Å². The first-order valence-electron chi connectivity index (χ1n) is 4.91. The molecule has 1 rings (SSSR count). The second-order valence-corrected chi connectivity index (χ2v) is 4.96. The molecule has 0 aromatic carbocycles. The standard InChI is InChI=1S/C10H17NO4/c1-9(2,3)15-7(12)10(4)5-6-11(10)8(13)14/h5-6H2,1-4H3,(H,13,14)/t10-/m1/s1. The molecule has 0 aromatic rings. The highest BCUT2D eigenvalue weighted by Gasteiger charge is 2.51. The van der Waals surface area contributed by atoms with E-state index in [-0.39, 0.29) is 0 Å². The van der Waals surface area contributed by atoms with Crippen LogP contribution in [0.15, 0.2) is 0 Å². The average Bonchev–Trinajstić information content (AvgIpc) is 1.96. The molecule has 5 heteroatoms. The lowest BCUT2D eigenvalue weighted by Gasteiger charge is -2.47. The van der Waals surface area contributed by atoms with E-state index in [1.807, 2.05) is 0 Å². The lowest BCUT2D eigenvalue weighted by Crippen LogP contribution is -2.65. The Morgan fingerprint density at radius 2 is 1.93 bits per heavy atom. The normalized spacial score (nSPS) is 25.7. The van der Waals surface area contributed by atoms with E-state index in [0.29, 0.717) is 13.0 Å². The lowest BCUT2D eigenvalue weighted by atomic mass is 9.87. The zero-order valence-electron chi connectivity index (χ0n) is 9.53. The number of amides is 1. The highest BCUT2D eigenvalue weighted by molar-refractivity contribution is 5.87. The minimum atomic E-state index is -1.07. The van der Waals surface area contributed by atoms with Crippen LogP contribution in [0.4, 0.5) is 4.79 Å². The van der Waals surface area contributed by atoms with Crippen LogP contribution in [0, 0.1) is 0 Å². The van der Waals surface area contributed by atoms with Gasteiger partial charge in [-0.1, -0.05) is 0 Å². The third-order valence-corrected chi connectivity index (χ3v) is 2.49. The van der Waals surface area contributed by atoms with Crippen LogP contribution in [0.3, 0.4) is 0 Å². The molecule has 0 aliphatic carbocycles. The summed E-state index contributed by atoms with van der Waals surface area (Å²) in [5, 5.41) is 8.83. The molecule has 5 nitrogen and oxygen atoms in total. The van der Waals surface area contributed by atoms with Crippen molar-refractivity contribution in [1.29, 1.82) is 0 Å². The van der Waals surface area contributed by atoms with Gasteiger partial charge < -0.3 is 9.84 Å². The lowest BCUT2D eigenvalue weighted by molar-refractivity contribution is -0.175. The first-order chi connectivity index (χ1) is 6.67. The predicted octanol–water partition coefficient (Wildman–Crippen LogP) is 1.47. The molecule has 0 aromatic heterocycles. The molecule has 0 unspecified atom stereocenters.